The van der Waals surface area contributed by atoms with E-state index in [0.29, 0.717) is 13.2 Å². The summed E-state index contributed by atoms with van der Waals surface area (Å²) in [6.45, 7) is 3.96. The van der Waals surface area contributed by atoms with Crippen molar-refractivity contribution in [2.75, 3.05) is 33.4 Å². The van der Waals surface area contributed by atoms with Gasteiger partial charge >= 0.3 is 0 Å². The van der Waals surface area contributed by atoms with E-state index in [1.165, 1.54) is 16.7 Å². The zero-order valence-electron chi connectivity index (χ0n) is 14.7. The van der Waals surface area contributed by atoms with E-state index in [0.717, 1.165) is 32.5 Å². The van der Waals surface area contributed by atoms with Gasteiger partial charge in [0.1, 0.15) is 0 Å². The Morgan fingerprint density at radius 3 is 3.08 bits per heavy atom. The summed E-state index contributed by atoms with van der Waals surface area (Å²) in [5, 5.41) is 7.27. The van der Waals surface area contributed by atoms with E-state index in [4.69, 9.17) is 4.74 Å². The Kier molecular flexibility index (Phi) is 6.62. The highest BCUT2D eigenvalue weighted by Gasteiger charge is 2.25. The molecular formula is C20H26N2O2S. The fraction of sp³-hybridized carbons (Fsp3) is 0.450. The van der Waals surface area contributed by atoms with Crippen LogP contribution in [-0.2, 0) is 16.1 Å². The van der Waals surface area contributed by atoms with Crippen LogP contribution in [0.2, 0.25) is 0 Å². The van der Waals surface area contributed by atoms with Crippen LogP contribution in [0.25, 0.3) is 11.1 Å². The van der Waals surface area contributed by atoms with Crippen LogP contribution >= 0.6 is 11.3 Å². The number of rotatable bonds is 7. The molecule has 1 aliphatic heterocycles. The summed E-state index contributed by atoms with van der Waals surface area (Å²) in [6.07, 6.45) is 2.05. The van der Waals surface area contributed by atoms with Gasteiger partial charge in [0.15, 0.2) is 0 Å². The van der Waals surface area contributed by atoms with E-state index in [9.17, 15) is 4.79 Å². The number of piperidine rings is 1. The first-order chi connectivity index (χ1) is 12.3. The van der Waals surface area contributed by atoms with Crippen molar-refractivity contribution < 1.29 is 9.53 Å². The van der Waals surface area contributed by atoms with Crippen molar-refractivity contribution in [1.29, 1.82) is 0 Å². The molecule has 1 atom stereocenters. The van der Waals surface area contributed by atoms with Crippen LogP contribution in [0.4, 0.5) is 0 Å². The highest BCUT2D eigenvalue weighted by atomic mass is 32.1. The van der Waals surface area contributed by atoms with Crippen LogP contribution in [0, 0.1) is 5.92 Å². The predicted octanol–water partition coefficient (Wildman–Crippen LogP) is 3.39. The Hall–Kier alpha value is -1.69. The lowest BCUT2D eigenvalue weighted by Gasteiger charge is -2.32. The summed E-state index contributed by atoms with van der Waals surface area (Å²) in [5.41, 5.74) is 3.86. The van der Waals surface area contributed by atoms with E-state index < -0.39 is 0 Å². The second kappa shape index (κ2) is 9.13. The topological polar surface area (TPSA) is 41.6 Å². The molecule has 0 radical (unpaired) electrons. The van der Waals surface area contributed by atoms with E-state index in [1.54, 1.807) is 18.4 Å². The van der Waals surface area contributed by atoms with Crippen molar-refractivity contribution in [3.05, 3.63) is 46.7 Å². The molecule has 1 aromatic carbocycles. The third-order valence-corrected chi connectivity index (χ3v) is 5.35. The van der Waals surface area contributed by atoms with Crippen LogP contribution in [0.5, 0.6) is 0 Å². The van der Waals surface area contributed by atoms with Gasteiger partial charge in [0.05, 0.1) is 12.5 Å². The maximum atomic E-state index is 12.3. The van der Waals surface area contributed by atoms with E-state index >= 15 is 0 Å². The number of thiophene rings is 1. The molecule has 25 heavy (non-hydrogen) atoms. The summed E-state index contributed by atoms with van der Waals surface area (Å²) < 4.78 is 5.00. The first-order valence-electron chi connectivity index (χ1n) is 8.87. The van der Waals surface area contributed by atoms with Gasteiger partial charge in [0, 0.05) is 26.7 Å². The van der Waals surface area contributed by atoms with Gasteiger partial charge in [-0.1, -0.05) is 18.2 Å². The Morgan fingerprint density at radius 2 is 2.28 bits per heavy atom. The highest BCUT2D eigenvalue weighted by molar-refractivity contribution is 7.08. The molecule has 1 N–H and O–H groups in total. The number of ether oxygens (including phenoxy) is 1. The molecule has 4 nitrogen and oxygen atoms in total. The van der Waals surface area contributed by atoms with Gasteiger partial charge in [-0.25, -0.2) is 0 Å². The lowest BCUT2D eigenvalue weighted by Crippen LogP contribution is -2.43. The van der Waals surface area contributed by atoms with Crippen LogP contribution in [0.1, 0.15) is 18.4 Å². The number of hydrogen-bond acceptors (Lipinski definition) is 4. The van der Waals surface area contributed by atoms with Crippen molar-refractivity contribution >= 4 is 17.2 Å². The molecule has 134 valence electrons. The first-order valence-corrected chi connectivity index (χ1v) is 9.81. The minimum atomic E-state index is 0.0886. The molecule has 1 amide bonds. The van der Waals surface area contributed by atoms with Gasteiger partial charge in [-0.05, 0) is 59.0 Å². The fourth-order valence-corrected chi connectivity index (χ4v) is 4.03. The van der Waals surface area contributed by atoms with E-state index in [2.05, 4.69) is 51.3 Å². The minimum absolute atomic E-state index is 0.0886. The molecule has 1 aliphatic rings. The van der Waals surface area contributed by atoms with Gasteiger partial charge < -0.3 is 10.1 Å². The lowest BCUT2D eigenvalue weighted by atomic mass is 9.96. The van der Waals surface area contributed by atoms with Crippen molar-refractivity contribution in [3.63, 3.8) is 0 Å². The number of amides is 1. The second-order valence-corrected chi connectivity index (χ2v) is 7.35. The van der Waals surface area contributed by atoms with E-state index in [1.807, 2.05) is 0 Å². The maximum absolute atomic E-state index is 12.3. The smallest absolute Gasteiger partial charge is 0.224 e. The minimum Gasteiger partial charge on any atom is -0.383 e. The largest absolute Gasteiger partial charge is 0.383 e. The molecule has 3 rings (SSSR count). The van der Waals surface area contributed by atoms with Crippen molar-refractivity contribution in [1.82, 2.24) is 10.2 Å². The number of benzene rings is 1. The van der Waals surface area contributed by atoms with Gasteiger partial charge in [0.25, 0.3) is 0 Å². The van der Waals surface area contributed by atoms with Crippen molar-refractivity contribution in [2.24, 2.45) is 5.92 Å². The van der Waals surface area contributed by atoms with Crippen LogP contribution < -0.4 is 5.32 Å². The fourth-order valence-electron chi connectivity index (χ4n) is 3.37. The van der Waals surface area contributed by atoms with Crippen molar-refractivity contribution in [3.8, 4) is 11.1 Å². The third-order valence-electron chi connectivity index (χ3n) is 4.67. The molecule has 0 saturated carbocycles. The Labute approximate surface area is 153 Å². The summed E-state index contributed by atoms with van der Waals surface area (Å²) in [5.74, 6) is 0.249. The molecular weight excluding hydrogens is 332 g/mol. The number of carbonyl (C=O) groups is 1. The number of likely N-dealkylation sites (tertiary alicyclic amines) is 1. The molecule has 1 aromatic heterocycles. The van der Waals surface area contributed by atoms with Crippen LogP contribution in [0.3, 0.4) is 0 Å². The van der Waals surface area contributed by atoms with Gasteiger partial charge in [-0.15, -0.1) is 0 Å². The molecule has 2 aromatic rings. The van der Waals surface area contributed by atoms with Gasteiger partial charge in [0.2, 0.25) is 5.91 Å². The first kappa shape index (κ1) is 18.1. The van der Waals surface area contributed by atoms with E-state index in [-0.39, 0.29) is 11.8 Å². The standard InChI is InChI=1S/C20H26N2O2S/c1-24-10-8-21-20(23)18-6-3-9-22(14-18)13-16-4-2-5-17(12-16)19-7-11-25-15-19/h2,4-5,7,11-12,15,18H,3,6,8-10,13-14H2,1H3,(H,21,23). The molecule has 0 aliphatic carbocycles. The number of nitrogens with zero attached hydrogens (tertiary/aromatic N) is 1. The summed E-state index contributed by atoms with van der Waals surface area (Å²) in [7, 11) is 1.65. The average molecular weight is 359 g/mol. The van der Waals surface area contributed by atoms with Gasteiger partial charge in [-0.3, -0.25) is 9.69 Å². The molecule has 5 heteroatoms. The van der Waals surface area contributed by atoms with Crippen LogP contribution in [-0.4, -0.2) is 44.2 Å². The Bertz CT molecular complexity index is 672. The summed E-state index contributed by atoms with van der Waals surface area (Å²) in [4.78, 5) is 14.7. The molecule has 2 heterocycles. The van der Waals surface area contributed by atoms with Gasteiger partial charge in [-0.2, -0.15) is 11.3 Å². The molecule has 0 bridgehead atoms. The number of hydrogen-bond donors (Lipinski definition) is 1. The second-order valence-electron chi connectivity index (χ2n) is 6.57. The lowest BCUT2D eigenvalue weighted by molar-refractivity contribution is -0.127. The summed E-state index contributed by atoms with van der Waals surface area (Å²) in [6, 6.07) is 10.9. The quantitative estimate of drug-likeness (QED) is 0.772. The molecule has 1 fully saturated rings. The average Bonchev–Trinajstić information content (AvgIpc) is 3.17. The Morgan fingerprint density at radius 1 is 1.36 bits per heavy atom. The maximum Gasteiger partial charge on any atom is 0.224 e. The normalized spacial score (nSPS) is 18.2. The van der Waals surface area contributed by atoms with Crippen molar-refractivity contribution in [2.45, 2.75) is 19.4 Å². The zero-order chi connectivity index (χ0) is 17.5. The molecule has 1 saturated heterocycles. The number of nitrogens with one attached hydrogen (secondary N) is 1. The zero-order valence-corrected chi connectivity index (χ0v) is 15.6. The number of carbonyl (C=O) groups excluding carboxylic acids is 1. The Balaban J connectivity index is 1.57. The predicted molar refractivity (Wildman–Crippen MR) is 103 cm³/mol. The monoisotopic (exact) mass is 358 g/mol. The number of methoxy groups -OCH3 is 1. The van der Waals surface area contributed by atoms with Crippen LogP contribution in [0.15, 0.2) is 41.1 Å². The third kappa shape index (κ3) is 5.14. The molecule has 0 spiro atoms. The highest BCUT2D eigenvalue weighted by Crippen LogP contribution is 2.24. The SMILES string of the molecule is COCCNC(=O)C1CCCN(Cc2cccc(-c3ccsc3)c2)C1. The summed E-state index contributed by atoms with van der Waals surface area (Å²) >= 11 is 1.72. The molecule has 1 unspecified atom stereocenters.